The molecule has 0 bridgehead atoms. The van der Waals surface area contributed by atoms with Crippen LogP contribution in [0.3, 0.4) is 0 Å². The highest BCUT2D eigenvalue weighted by Crippen LogP contribution is 2.10. The van der Waals surface area contributed by atoms with Gasteiger partial charge in [-0.3, -0.25) is 4.99 Å². The molecule has 1 aromatic carbocycles. The monoisotopic (exact) mass is 255 g/mol. The Hall–Kier alpha value is -1.65. The van der Waals surface area contributed by atoms with Gasteiger partial charge < -0.3 is 11.1 Å². The zero-order valence-corrected chi connectivity index (χ0v) is 10.7. The molecule has 1 rings (SSSR count). The van der Waals surface area contributed by atoms with Gasteiger partial charge >= 0.3 is 0 Å². The van der Waals surface area contributed by atoms with Crippen molar-refractivity contribution in [2.75, 3.05) is 6.54 Å². The molecule has 0 heterocycles. The second kappa shape index (κ2) is 6.93. The molecule has 3 N–H and O–H groups in total. The van der Waals surface area contributed by atoms with Crippen molar-refractivity contribution < 1.29 is 8.78 Å². The van der Waals surface area contributed by atoms with Gasteiger partial charge in [-0.2, -0.15) is 0 Å². The van der Waals surface area contributed by atoms with Crippen LogP contribution in [0.5, 0.6) is 0 Å². The third-order valence-electron chi connectivity index (χ3n) is 2.68. The summed E-state index contributed by atoms with van der Waals surface area (Å²) in [7, 11) is 0. The summed E-state index contributed by atoms with van der Waals surface area (Å²) in [6, 6.07) is 3.65. The fourth-order valence-electron chi connectivity index (χ4n) is 1.43. The van der Waals surface area contributed by atoms with Crippen LogP contribution in [-0.2, 0) is 6.42 Å². The van der Waals surface area contributed by atoms with Crippen LogP contribution in [0.1, 0.15) is 25.8 Å². The van der Waals surface area contributed by atoms with Crippen molar-refractivity contribution in [3.63, 3.8) is 0 Å². The van der Waals surface area contributed by atoms with Crippen molar-refractivity contribution >= 4 is 5.96 Å². The third-order valence-corrected chi connectivity index (χ3v) is 2.68. The zero-order valence-electron chi connectivity index (χ0n) is 10.7. The van der Waals surface area contributed by atoms with E-state index < -0.39 is 11.6 Å². The smallest absolute Gasteiger partial charge is 0.188 e. The summed E-state index contributed by atoms with van der Waals surface area (Å²) in [5.41, 5.74) is 5.97. The van der Waals surface area contributed by atoms with E-state index in [1.807, 2.05) is 13.8 Å². The van der Waals surface area contributed by atoms with E-state index in [4.69, 9.17) is 5.73 Å². The second-order valence-corrected chi connectivity index (χ2v) is 4.21. The molecule has 1 atom stereocenters. The van der Waals surface area contributed by atoms with Gasteiger partial charge in [0, 0.05) is 12.6 Å². The Morgan fingerprint density at radius 2 is 2.17 bits per heavy atom. The van der Waals surface area contributed by atoms with Gasteiger partial charge in [0.05, 0.1) is 0 Å². The van der Waals surface area contributed by atoms with Gasteiger partial charge in [-0.25, -0.2) is 8.78 Å². The van der Waals surface area contributed by atoms with Gasteiger partial charge in [-0.05, 0) is 43.5 Å². The average molecular weight is 255 g/mol. The summed E-state index contributed by atoms with van der Waals surface area (Å²) in [5, 5.41) is 3.00. The molecule has 3 nitrogen and oxygen atoms in total. The highest BCUT2D eigenvalue weighted by molar-refractivity contribution is 5.78. The van der Waals surface area contributed by atoms with Crippen molar-refractivity contribution in [2.45, 2.75) is 32.7 Å². The molecule has 0 saturated heterocycles. The zero-order chi connectivity index (χ0) is 13.5. The minimum atomic E-state index is -0.443. The molecular formula is C13H19F2N3. The quantitative estimate of drug-likeness (QED) is 0.626. The van der Waals surface area contributed by atoms with Gasteiger partial charge in [0.15, 0.2) is 5.96 Å². The maximum absolute atomic E-state index is 13.3. The van der Waals surface area contributed by atoms with E-state index in [0.29, 0.717) is 24.5 Å². The molecule has 100 valence electrons. The number of nitrogens with one attached hydrogen (secondary N) is 1. The van der Waals surface area contributed by atoms with Crippen LogP contribution < -0.4 is 11.1 Å². The van der Waals surface area contributed by atoms with Crippen LogP contribution >= 0.6 is 0 Å². The average Bonchev–Trinajstić information content (AvgIpc) is 2.33. The first-order chi connectivity index (χ1) is 8.52. The Morgan fingerprint density at radius 1 is 1.44 bits per heavy atom. The molecule has 0 spiro atoms. The van der Waals surface area contributed by atoms with E-state index in [1.165, 1.54) is 6.07 Å². The van der Waals surface area contributed by atoms with E-state index in [2.05, 4.69) is 10.3 Å². The van der Waals surface area contributed by atoms with Crippen molar-refractivity contribution in [3.05, 3.63) is 35.4 Å². The van der Waals surface area contributed by atoms with Gasteiger partial charge in [0.1, 0.15) is 11.6 Å². The topological polar surface area (TPSA) is 50.4 Å². The highest BCUT2D eigenvalue weighted by atomic mass is 19.1. The van der Waals surface area contributed by atoms with E-state index in [-0.39, 0.29) is 6.04 Å². The Labute approximate surface area is 106 Å². The van der Waals surface area contributed by atoms with Crippen LogP contribution in [-0.4, -0.2) is 18.5 Å². The van der Waals surface area contributed by atoms with Crippen LogP contribution in [0.2, 0.25) is 0 Å². The fraction of sp³-hybridized carbons (Fsp3) is 0.462. The standard InChI is InChI=1S/C13H19F2N3/c1-3-9(2)18-13(16)17-7-6-10-8-11(14)4-5-12(10)15/h4-5,8-9H,3,6-7H2,1-2H3,(H3,16,17,18). The predicted octanol–water partition coefficient (Wildman–Crippen LogP) is 2.21. The molecule has 5 heteroatoms. The first-order valence-corrected chi connectivity index (χ1v) is 6.03. The summed E-state index contributed by atoms with van der Waals surface area (Å²) in [4.78, 5) is 4.07. The van der Waals surface area contributed by atoms with E-state index >= 15 is 0 Å². The number of rotatable bonds is 5. The number of aliphatic imine (C=N–C) groups is 1. The largest absolute Gasteiger partial charge is 0.370 e. The van der Waals surface area contributed by atoms with Crippen LogP contribution in [0.25, 0.3) is 0 Å². The molecule has 0 radical (unpaired) electrons. The van der Waals surface area contributed by atoms with Gasteiger partial charge in [0.25, 0.3) is 0 Å². The third kappa shape index (κ3) is 4.69. The summed E-state index contributed by atoms with van der Waals surface area (Å²) < 4.78 is 26.2. The molecule has 0 fully saturated rings. The molecule has 0 aliphatic rings. The number of hydrogen-bond acceptors (Lipinski definition) is 1. The number of nitrogens with zero attached hydrogens (tertiary/aromatic N) is 1. The van der Waals surface area contributed by atoms with Crippen molar-refractivity contribution in [1.29, 1.82) is 0 Å². The lowest BCUT2D eigenvalue weighted by Gasteiger charge is -2.11. The second-order valence-electron chi connectivity index (χ2n) is 4.21. The molecule has 18 heavy (non-hydrogen) atoms. The highest BCUT2D eigenvalue weighted by Gasteiger charge is 2.03. The molecule has 0 aromatic heterocycles. The van der Waals surface area contributed by atoms with E-state index in [0.717, 1.165) is 18.6 Å². The maximum Gasteiger partial charge on any atom is 0.188 e. The molecule has 0 saturated carbocycles. The molecule has 0 aliphatic heterocycles. The number of hydrogen-bond donors (Lipinski definition) is 2. The molecule has 0 amide bonds. The maximum atomic E-state index is 13.3. The normalized spacial score (nSPS) is 13.4. The SMILES string of the molecule is CCC(C)NC(N)=NCCc1cc(F)ccc1F. The van der Waals surface area contributed by atoms with Crippen LogP contribution in [0, 0.1) is 11.6 Å². The fourth-order valence-corrected chi connectivity index (χ4v) is 1.43. The summed E-state index contributed by atoms with van der Waals surface area (Å²) in [6.45, 7) is 4.36. The molecule has 0 aliphatic carbocycles. The number of guanidine groups is 1. The van der Waals surface area contributed by atoms with Crippen molar-refractivity contribution in [2.24, 2.45) is 10.7 Å². The lowest BCUT2D eigenvalue weighted by atomic mass is 10.1. The van der Waals surface area contributed by atoms with E-state index in [1.54, 1.807) is 0 Å². The Morgan fingerprint density at radius 3 is 2.83 bits per heavy atom. The summed E-state index contributed by atoms with van der Waals surface area (Å²) >= 11 is 0. The predicted molar refractivity (Wildman–Crippen MR) is 69.4 cm³/mol. The lowest BCUT2D eigenvalue weighted by molar-refractivity contribution is 0.584. The minimum absolute atomic E-state index is 0.250. The van der Waals surface area contributed by atoms with Crippen LogP contribution in [0.4, 0.5) is 8.78 Å². The molecule has 1 aromatic rings. The van der Waals surface area contributed by atoms with Gasteiger partial charge in [-0.15, -0.1) is 0 Å². The Bertz CT molecular complexity index is 419. The first-order valence-electron chi connectivity index (χ1n) is 6.03. The Kier molecular flexibility index (Phi) is 5.55. The lowest BCUT2D eigenvalue weighted by Crippen LogP contribution is -2.38. The van der Waals surface area contributed by atoms with Crippen LogP contribution in [0.15, 0.2) is 23.2 Å². The summed E-state index contributed by atoms with van der Waals surface area (Å²) in [5.74, 6) is -0.526. The van der Waals surface area contributed by atoms with Gasteiger partial charge in [0.2, 0.25) is 0 Å². The van der Waals surface area contributed by atoms with E-state index in [9.17, 15) is 8.78 Å². The van der Waals surface area contributed by atoms with Crippen molar-refractivity contribution in [3.8, 4) is 0 Å². The number of nitrogens with two attached hydrogens (primary N) is 1. The van der Waals surface area contributed by atoms with Crippen molar-refractivity contribution in [1.82, 2.24) is 5.32 Å². The molecular weight excluding hydrogens is 236 g/mol. The summed E-state index contributed by atoms with van der Waals surface area (Å²) in [6.07, 6.45) is 1.27. The Balaban J connectivity index is 2.50. The number of halogens is 2. The molecule has 1 unspecified atom stereocenters. The first kappa shape index (κ1) is 14.4. The number of benzene rings is 1. The minimum Gasteiger partial charge on any atom is -0.370 e. The van der Waals surface area contributed by atoms with Gasteiger partial charge in [-0.1, -0.05) is 6.92 Å².